The molecule has 0 aromatic rings. The molecule has 2 nitrogen and oxygen atoms in total. The van der Waals surface area contributed by atoms with Gasteiger partial charge in [0.15, 0.2) is 0 Å². The van der Waals surface area contributed by atoms with Gasteiger partial charge in [-0.3, -0.25) is 4.79 Å². The molecule has 0 unspecified atom stereocenters. The SMILES string of the molecule is C[C@H]1CC[C@H]2[C@H](CC[C@@H]3[C@@H]2CC[C@]2(C)[C@@H](CNC(=O)C4CCCC4)CCC[C@@H]32)C1. The van der Waals surface area contributed by atoms with Gasteiger partial charge in [0.1, 0.15) is 0 Å². The second kappa shape index (κ2) is 8.19. The van der Waals surface area contributed by atoms with Gasteiger partial charge in [-0.15, -0.1) is 0 Å². The van der Waals surface area contributed by atoms with Crippen molar-refractivity contribution >= 4 is 5.91 Å². The van der Waals surface area contributed by atoms with Crippen molar-refractivity contribution in [2.45, 2.75) is 104 Å². The highest BCUT2D eigenvalue weighted by molar-refractivity contribution is 5.78. The minimum Gasteiger partial charge on any atom is -0.356 e. The highest BCUT2D eigenvalue weighted by Gasteiger charge is 2.55. The van der Waals surface area contributed by atoms with Crippen molar-refractivity contribution < 1.29 is 4.79 Å². The molecule has 0 aliphatic heterocycles. The van der Waals surface area contributed by atoms with Crippen molar-refractivity contribution in [3.63, 3.8) is 0 Å². The van der Waals surface area contributed by atoms with Crippen molar-refractivity contribution in [2.75, 3.05) is 6.54 Å². The average Bonchev–Trinajstić information content (AvgIpc) is 3.26. The van der Waals surface area contributed by atoms with E-state index in [4.69, 9.17) is 0 Å². The summed E-state index contributed by atoms with van der Waals surface area (Å²) in [6, 6.07) is 0. The topological polar surface area (TPSA) is 29.1 Å². The van der Waals surface area contributed by atoms with Gasteiger partial charge in [0.05, 0.1) is 0 Å². The molecule has 29 heavy (non-hydrogen) atoms. The van der Waals surface area contributed by atoms with Crippen molar-refractivity contribution in [2.24, 2.45) is 52.8 Å². The van der Waals surface area contributed by atoms with Crippen molar-refractivity contribution in [3.05, 3.63) is 0 Å². The van der Waals surface area contributed by atoms with Gasteiger partial charge in [-0.1, -0.05) is 39.5 Å². The first-order valence-corrected chi connectivity index (χ1v) is 13.3. The lowest BCUT2D eigenvalue weighted by atomic mass is 9.45. The predicted octanol–water partition coefficient (Wildman–Crippen LogP) is 6.59. The van der Waals surface area contributed by atoms with E-state index < -0.39 is 0 Å². The van der Waals surface area contributed by atoms with E-state index in [-0.39, 0.29) is 0 Å². The lowest BCUT2D eigenvalue weighted by molar-refractivity contribution is -0.127. The lowest BCUT2D eigenvalue weighted by Crippen LogP contribution is -2.54. The summed E-state index contributed by atoms with van der Waals surface area (Å²) >= 11 is 0. The zero-order valence-electron chi connectivity index (χ0n) is 19.1. The Kier molecular flexibility index (Phi) is 5.76. The van der Waals surface area contributed by atoms with E-state index in [1.807, 2.05) is 0 Å². The predicted molar refractivity (Wildman–Crippen MR) is 119 cm³/mol. The van der Waals surface area contributed by atoms with Crippen LogP contribution in [-0.4, -0.2) is 12.5 Å². The summed E-state index contributed by atoms with van der Waals surface area (Å²) in [5.74, 6) is 7.46. The summed E-state index contributed by atoms with van der Waals surface area (Å²) in [5, 5.41) is 3.44. The van der Waals surface area contributed by atoms with Crippen LogP contribution >= 0.6 is 0 Å². The molecular weight excluding hydrogens is 354 g/mol. The quantitative estimate of drug-likeness (QED) is 0.570. The Balaban J connectivity index is 1.26. The number of hydrogen-bond donors (Lipinski definition) is 1. The third-order valence-electron chi connectivity index (χ3n) is 10.9. The Morgan fingerprint density at radius 3 is 2.48 bits per heavy atom. The lowest BCUT2D eigenvalue weighted by Gasteiger charge is -2.60. The molecule has 0 saturated heterocycles. The van der Waals surface area contributed by atoms with E-state index in [2.05, 4.69) is 19.2 Å². The molecule has 0 aromatic carbocycles. The maximum absolute atomic E-state index is 12.7. The summed E-state index contributed by atoms with van der Waals surface area (Å²) in [6.07, 6.45) is 19.5. The van der Waals surface area contributed by atoms with Gasteiger partial charge >= 0.3 is 0 Å². The second-order valence-electron chi connectivity index (χ2n) is 12.3. The first-order chi connectivity index (χ1) is 14.1. The number of carbonyl (C=O) groups excluding carboxylic acids is 1. The molecule has 5 aliphatic rings. The number of fused-ring (bicyclic) bond motifs is 5. The molecule has 8 atom stereocenters. The monoisotopic (exact) mass is 399 g/mol. The van der Waals surface area contributed by atoms with Gasteiger partial charge in [-0.05, 0) is 111 Å². The van der Waals surface area contributed by atoms with E-state index >= 15 is 0 Å². The van der Waals surface area contributed by atoms with Gasteiger partial charge in [0, 0.05) is 12.5 Å². The molecule has 1 N–H and O–H groups in total. The number of nitrogens with one attached hydrogen (secondary N) is 1. The number of carbonyl (C=O) groups is 1. The fourth-order valence-electron chi connectivity index (χ4n) is 9.29. The van der Waals surface area contributed by atoms with Crippen LogP contribution in [0.25, 0.3) is 0 Å². The van der Waals surface area contributed by atoms with Gasteiger partial charge in [-0.25, -0.2) is 0 Å². The molecule has 2 heteroatoms. The third-order valence-corrected chi connectivity index (χ3v) is 10.9. The molecule has 0 aromatic heterocycles. The smallest absolute Gasteiger partial charge is 0.223 e. The maximum Gasteiger partial charge on any atom is 0.223 e. The van der Waals surface area contributed by atoms with E-state index in [1.165, 1.54) is 77.0 Å². The third kappa shape index (κ3) is 3.69. The van der Waals surface area contributed by atoms with Gasteiger partial charge in [0.25, 0.3) is 0 Å². The molecule has 0 spiro atoms. The van der Waals surface area contributed by atoms with Crippen LogP contribution in [0.4, 0.5) is 0 Å². The van der Waals surface area contributed by atoms with E-state index in [1.54, 1.807) is 0 Å². The summed E-state index contributed by atoms with van der Waals surface area (Å²) < 4.78 is 0. The van der Waals surface area contributed by atoms with Crippen LogP contribution in [0.2, 0.25) is 0 Å². The van der Waals surface area contributed by atoms with E-state index in [0.29, 0.717) is 17.2 Å². The fourth-order valence-corrected chi connectivity index (χ4v) is 9.29. The van der Waals surface area contributed by atoms with Crippen molar-refractivity contribution in [1.82, 2.24) is 5.32 Å². The van der Waals surface area contributed by atoms with Crippen LogP contribution in [0, 0.1) is 52.8 Å². The van der Waals surface area contributed by atoms with Crippen LogP contribution in [0.3, 0.4) is 0 Å². The number of rotatable bonds is 3. The molecule has 164 valence electrons. The number of hydrogen-bond acceptors (Lipinski definition) is 1. The Bertz CT molecular complexity index is 595. The molecule has 0 bridgehead atoms. The molecule has 5 rings (SSSR count). The van der Waals surface area contributed by atoms with Gasteiger partial charge in [-0.2, -0.15) is 0 Å². The first-order valence-electron chi connectivity index (χ1n) is 13.3. The standard InChI is InChI=1S/C27H45NO/c1-18-10-12-22-20(16-18)11-13-24-23(22)14-15-27(2)21(8-5-9-25(24)27)17-28-26(29)19-6-3-4-7-19/h18-25H,3-17H2,1-2H3,(H,28,29)/t18-,20+,21+,22-,23+,24+,25-,27+/m0/s1. The summed E-state index contributed by atoms with van der Waals surface area (Å²) in [6.45, 7) is 6.09. The van der Waals surface area contributed by atoms with Crippen LogP contribution in [0.1, 0.15) is 104 Å². The zero-order chi connectivity index (χ0) is 20.0. The molecule has 5 saturated carbocycles. The molecular formula is C27H45NO. The van der Waals surface area contributed by atoms with Gasteiger partial charge in [0.2, 0.25) is 5.91 Å². The molecule has 1 amide bonds. The van der Waals surface area contributed by atoms with Crippen molar-refractivity contribution in [3.8, 4) is 0 Å². The summed E-state index contributed by atoms with van der Waals surface area (Å²) in [4.78, 5) is 12.7. The summed E-state index contributed by atoms with van der Waals surface area (Å²) in [7, 11) is 0. The van der Waals surface area contributed by atoms with Crippen LogP contribution < -0.4 is 5.32 Å². The van der Waals surface area contributed by atoms with E-state index in [9.17, 15) is 4.79 Å². The maximum atomic E-state index is 12.7. The molecule has 5 aliphatic carbocycles. The minimum absolute atomic E-state index is 0.321. The van der Waals surface area contributed by atoms with E-state index in [0.717, 1.165) is 60.8 Å². The van der Waals surface area contributed by atoms with Crippen LogP contribution in [0.5, 0.6) is 0 Å². The molecule has 5 fully saturated rings. The highest BCUT2D eigenvalue weighted by atomic mass is 16.1. The first kappa shape index (κ1) is 20.4. The normalized spacial score (nSPS) is 47.7. The molecule has 0 radical (unpaired) electrons. The molecule has 0 heterocycles. The fraction of sp³-hybridized carbons (Fsp3) is 0.963. The summed E-state index contributed by atoms with van der Waals surface area (Å²) in [5.41, 5.74) is 0.483. The Morgan fingerprint density at radius 2 is 1.66 bits per heavy atom. The number of amides is 1. The second-order valence-corrected chi connectivity index (χ2v) is 12.3. The van der Waals surface area contributed by atoms with Crippen molar-refractivity contribution in [1.29, 1.82) is 0 Å². The van der Waals surface area contributed by atoms with Gasteiger partial charge < -0.3 is 5.32 Å². The Labute approximate surface area is 179 Å². The minimum atomic E-state index is 0.321. The average molecular weight is 400 g/mol. The highest BCUT2D eigenvalue weighted by Crippen LogP contribution is 2.63. The Morgan fingerprint density at radius 1 is 0.862 bits per heavy atom. The largest absolute Gasteiger partial charge is 0.356 e. The zero-order valence-corrected chi connectivity index (χ0v) is 19.1. The van der Waals surface area contributed by atoms with Crippen LogP contribution in [0.15, 0.2) is 0 Å². The van der Waals surface area contributed by atoms with Crippen LogP contribution in [-0.2, 0) is 4.79 Å². The Hall–Kier alpha value is -0.530.